The number of rotatable bonds is 5. The number of likely N-dealkylation sites (tertiary alicyclic amines) is 2. The molecule has 0 radical (unpaired) electrons. The Morgan fingerprint density at radius 3 is 2.71 bits per heavy atom. The van der Waals surface area contributed by atoms with Gasteiger partial charge >= 0.3 is 0 Å². The lowest BCUT2D eigenvalue weighted by Gasteiger charge is -2.48. The van der Waals surface area contributed by atoms with Crippen LogP contribution in [0.25, 0.3) is 0 Å². The van der Waals surface area contributed by atoms with Gasteiger partial charge in [-0.15, -0.1) is 0 Å². The van der Waals surface area contributed by atoms with Gasteiger partial charge in [-0.2, -0.15) is 0 Å². The molecule has 0 unspecified atom stereocenters. The van der Waals surface area contributed by atoms with E-state index in [4.69, 9.17) is 16.7 Å². The molecular formula is C19H27ClN2O2. The lowest BCUT2D eigenvalue weighted by Crippen LogP contribution is -2.54. The van der Waals surface area contributed by atoms with Crippen LogP contribution in [0.15, 0.2) is 24.3 Å². The zero-order valence-electron chi connectivity index (χ0n) is 14.2. The summed E-state index contributed by atoms with van der Waals surface area (Å²) in [5.41, 5.74) is 1.52. The average molecular weight is 351 g/mol. The maximum absolute atomic E-state index is 12.1. The summed E-state index contributed by atoms with van der Waals surface area (Å²) in [7, 11) is 0. The molecule has 1 atom stereocenters. The van der Waals surface area contributed by atoms with Crippen LogP contribution in [-0.2, 0) is 11.3 Å². The van der Waals surface area contributed by atoms with E-state index in [1.54, 1.807) is 0 Å². The van der Waals surface area contributed by atoms with Crippen molar-refractivity contribution in [3.05, 3.63) is 34.9 Å². The topological polar surface area (TPSA) is 43.8 Å². The minimum atomic E-state index is 0.152. The summed E-state index contributed by atoms with van der Waals surface area (Å²) in [6, 6.07) is 8.10. The summed E-state index contributed by atoms with van der Waals surface area (Å²) in [6.45, 7) is 4.81. The van der Waals surface area contributed by atoms with Crippen LogP contribution in [0.5, 0.6) is 0 Å². The molecule has 2 fully saturated rings. The first-order chi connectivity index (χ1) is 11.6. The Kier molecular flexibility index (Phi) is 5.80. The Bertz CT molecular complexity index is 563. The summed E-state index contributed by atoms with van der Waals surface area (Å²) >= 11 is 5.97. The number of benzene rings is 1. The third-order valence-corrected chi connectivity index (χ3v) is 5.65. The van der Waals surface area contributed by atoms with Gasteiger partial charge in [0.1, 0.15) is 0 Å². The van der Waals surface area contributed by atoms with Crippen molar-refractivity contribution < 1.29 is 9.90 Å². The number of carbonyl (C=O) groups excluding carboxylic acids is 1. The minimum Gasteiger partial charge on any atom is -0.396 e. The molecule has 2 saturated heterocycles. The van der Waals surface area contributed by atoms with E-state index in [0.717, 1.165) is 37.6 Å². The van der Waals surface area contributed by atoms with Gasteiger partial charge in [0, 0.05) is 49.6 Å². The van der Waals surface area contributed by atoms with Crippen LogP contribution in [0.4, 0.5) is 0 Å². The summed E-state index contributed by atoms with van der Waals surface area (Å²) in [4.78, 5) is 16.6. The largest absolute Gasteiger partial charge is 0.396 e. The van der Waals surface area contributed by atoms with Gasteiger partial charge in [0.2, 0.25) is 5.91 Å². The minimum absolute atomic E-state index is 0.152. The lowest BCUT2D eigenvalue weighted by molar-refractivity contribution is -0.139. The molecule has 0 aliphatic carbocycles. The highest BCUT2D eigenvalue weighted by Gasteiger charge is 2.41. The molecule has 2 heterocycles. The van der Waals surface area contributed by atoms with Crippen molar-refractivity contribution in [3.63, 3.8) is 0 Å². The fraction of sp³-hybridized carbons (Fsp3) is 0.632. The zero-order valence-corrected chi connectivity index (χ0v) is 15.0. The molecule has 1 N–H and O–H groups in total. The molecule has 1 spiro atoms. The third kappa shape index (κ3) is 4.29. The van der Waals surface area contributed by atoms with E-state index in [1.807, 2.05) is 17.0 Å². The number of amides is 1. The molecule has 0 aromatic heterocycles. The normalized spacial score (nSPS) is 25.4. The van der Waals surface area contributed by atoms with Gasteiger partial charge in [0.25, 0.3) is 0 Å². The van der Waals surface area contributed by atoms with Crippen molar-refractivity contribution in [2.24, 2.45) is 5.41 Å². The molecule has 2 aliphatic rings. The number of hydrogen-bond donors (Lipinski definition) is 1. The Morgan fingerprint density at radius 1 is 1.17 bits per heavy atom. The SMILES string of the molecule is O=C1CC[C@]2(CCCN(Cc3ccc(Cl)cc3)C2)CN1CCCO. The van der Waals surface area contributed by atoms with Crippen LogP contribution in [0.3, 0.4) is 0 Å². The maximum Gasteiger partial charge on any atom is 0.222 e. The standard InChI is InChI=1S/C19H27ClN2O2/c20-17-5-3-16(4-6-17)13-21-10-1-8-19(14-21)9-7-18(24)22(15-19)11-2-12-23/h3-6,23H,1-2,7-15H2/t19-/m0/s1. The molecule has 4 nitrogen and oxygen atoms in total. The average Bonchev–Trinajstić information content (AvgIpc) is 2.58. The van der Waals surface area contributed by atoms with E-state index in [0.29, 0.717) is 19.4 Å². The lowest BCUT2D eigenvalue weighted by atomic mass is 9.73. The van der Waals surface area contributed by atoms with Crippen molar-refractivity contribution in [3.8, 4) is 0 Å². The van der Waals surface area contributed by atoms with Crippen LogP contribution < -0.4 is 0 Å². The number of piperidine rings is 2. The Hall–Kier alpha value is -1.10. The second-order valence-corrected chi connectivity index (χ2v) is 7.77. The number of aliphatic hydroxyl groups is 1. The van der Waals surface area contributed by atoms with E-state index in [1.165, 1.54) is 18.4 Å². The van der Waals surface area contributed by atoms with Crippen molar-refractivity contribution >= 4 is 17.5 Å². The van der Waals surface area contributed by atoms with Crippen molar-refractivity contribution in [1.29, 1.82) is 0 Å². The summed E-state index contributed by atoms with van der Waals surface area (Å²) in [5.74, 6) is 0.254. The quantitative estimate of drug-likeness (QED) is 0.888. The molecule has 0 bridgehead atoms. The van der Waals surface area contributed by atoms with Crippen LogP contribution in [0.2, 0.25) is 5.02 Å². The zero-order chi connectivity index (χ0) is 17.0. The summed E-state index contributed by atoms with van der Waals surface area (Å²) in [6.07, 6.45) is 4.72. The van der Waals surface area contributed by atoms with Crippen molar-refractivity contribution in [1.82, 2.24) is 9.80 Å². The number of nitrogens with zero attached hydrogens (tertiary/aromatic N) is 2. The van der Waals surface area contributed by atoms with Crippen molar-refractivity contribution in [2.75, 3.05) is 32.8 Å². The van der Waals surface area contributed by atoms with Gasteiger partial charge in [0.15, 0.2) is 0 Å². The van der Waals surface area contributed by atoms with E-state index in [-0.39, 0.29) is 17.9 Å². The van der Waals surface area contributed by atoms with Gasteiger partial charge in [-0.05, 0) is 49.9 Å². The van der Waals surface area contributed by atoms with Gasteiger partial charge < -0.3 is 10.0 Å². The van der Waals surface area contributed by atoms with Crippen LogP contribution in [0, 0.1) is 5.41 Å². The highest BCUT2D eigenvalue weighted by atomic mass is 35.5. The molecule has 24 heavy (non-hydrogen) atoms. The molecule has 1 aromatic rings. The monoisotopic (exact) mass is 350 g/mol. The summed E-state index contributed by atoms with van der Waals surface area (Å²) < 4.78 is 0. The number of aliphatic hydroxyl groups excluding tert-OH is 1. The smallest absolute Gasteiger partial charge is 0.222 e. The molecular weight excluding hydrogens is 324 g/mol. The second-order valence-electron chi connectivity index (χ2n) is 7.33. The van der Waals surface area contributed by atoms with Crippen LogP contribution >= 0.6 is 11.6 Å². The maximum atomic E-state index is 12.1. The van der Waals surface area contributed by atoms with Gasteiger partial charge in [-0.1, -0.05) is 23.7 Å². The molecule has 3 rings (SSSR count). The first-order valence-corrected chi connectivity index (χ1v) is 9.33. The number of carbonyl (C=O) groups is 1. The summed E-state index contributed by atoms with van der Waals surface area (Å²) in [5, 5.41) is 9.83. The Balaban J connectivity index is 1.63. The first kappa shape index (κ1) is 17.7. The molecule has 1 aromatic carbocycles. The van der Waals surface area contributed by atoms with Gasteiger partial charge in [0.05, 0.1) is 0 Å². The van der Waals surface area contributed by atoms with E-state index >= 15 is 0 Å². The fourth-order valence-electron chi connectivity index (χ4n) is 4.19. The van der Waals surface area contributed by atoms with E-state index < -0.39 is 0 Å². The third-order valence-electron chi connectivity index (χ3n) is 5.39. The van der Waals surface area contributed by atoms with Crippen LogP contribution in [0.1, 0.15) is 37.7 Å². The highest BCUT2D eigenvalue weighted by Crippen LogP contribution is 2.39. The predicted molar refractivity (Wildman–Crippen MR) is 95.9 cm³/mol. The molecule has 1 amide bonds. The first-order valence-electron chi connectivity index (χ1n) is 8.96. The molecule has 2 aliphatic heterocycles. The highest BCUT2D eigenvalue weighted by molar-refractivity contribution is 6.30. The second kappa shape index (κ2) is 7.85. The van der Waals surface area contributed by atoms with Gasteiger partial charge in [-0.25, -0.2) is 0 Å². The van der Waals surface area contributed by atoms with E-state index in [2.05, 4.69) is 17.0 Å². The fourth-order valence-corrected chi connectivity index (χ4v) is 4.32. The van der Waals surface area contributed by atoms with Crippen molar-refractivity contribution in [2.45, 2.75) is 38.6 Å². The molecule has 132 valence electrons. The van der Waals surface area contributed by atoms with E-state index in [9.17, 15) is 4.79 Å². The Labute approximate surface area is 149 Å². The number of hydrogen-bond acceptors (Lipinski definition) is 3. The van der Waals surface area contributed by atoms with Gasteiger partial charge in [-0.3, -0.25) is 9.69 Å². The Morgan fingerprint density at radius 2 is 1.96 bits per heavy atom. The molecule has 5 heteroatoms. The molecule has 0 saturated carbocycles. The number of halogens is 1. The predicted octanol–water partition coefficient (Wildman–Crippen LogP) is 2.93. The van der Waals surface area contributed by atoms with Crippen LogP contribution in [-0.4, -0.2) is 53.6 Å².